The van der Waals surface area contributed by atoms with Gasteiger partial charge in [-0.25, -0.2) is 9.18 Å². The number of halogens is 1. The maximum atomic E-state index is 13.4. The second kappa shape index (κ2) is 6.11. The maximum absolute atomic E-state index is 13.4. The molecule has 1 saturated carbocycles. The molecule has 0 aromatic heterocycles. The van der Waals surface area contributed by atoms with Crippen LogP contribution in [-0.2, 0) is 9.59 Å². The third-order valence-corrected chi connectivity index (χ3v) is 5.38. The fourth-order valence-corrected chi connectivity index (χ4v) is 4.80. The summed E-state index contributed by atoms with van der Waals surface area (Å²) in [6.07, 6.45) is 4.06. The van der Waals surface area contributed by atoms with Crippen LogP contribution < -0.4 is 5.32 Å². The van der Waals surface area contributed by atoms with Crippen molar-refractivity contribution in [3.05, 3.63) is 11.9 Å². The van der Waals surface area contributed by atoms with E-state index in [0.29, 0.717) is 31.7 Å². The minimum Gasteiger partial charge on any atom is -0.334 e. The molecular weight excluding hydrogens is 325 g/mol. The van der Waals surface area contributed by atoms with Crippen molar-refractivity contribution in [2.45, 2.75) is 52.0 Å². The third-order valence-electron chi connectivity index (χ3n) is 5.38. The molecule has 0 aromatic rings. The fraction of sp³-hybridized carbons (Fsp3) is 0.722. The first-order valence-corrected chi connectivity index (χ1v) is 8.88. The maximum Gasteiger partial charge on any atom is 0.325 e. The molecule has 2 heterocycles. The zero-order valence-electron chi connectivity index (χ0n) is 15.1. The summed E-state index contributed by atoms with van der Waals surface area (Å²) < 4.78 is 13.4. The van der Waals surface area contributed by atoms with E-state index in [9.17, 15) is 18.8 Å². The van der Waals surface area contributed by atoms with Gasteiger partial charge in [0.25, 0.3) is 5.91 Å². The van der Waals surface area contributed by atoms with Crippen LogP contribution in [0.15, 0.2) is 11.9 Å². The van der Waals surface area contributed by atoms with Gasteiger partial charge in [-0.15, -0.1) is 0 Å². The van der Waals surface area contributed by atoms with Crippen LogP contribution in [0.4, 0.5) is 9.18 Å². The number of hydrogen-bond donors (Lipinski definition) is 1. The molecule has 0 unspecified atom stereocenters. The molecule has 1 N–H and O–H groups in total. The lowest BCUT2D eigenvalue weighted by Crippen LogP contribution is -2.54. The Bertz CT molecular complexity index is 645. The summed E-state index contributed by atoms with van der Waals surface area (Å²) in [5.74, 6) is -0.758. The summed E-state index contributed by atoms with van der Waals surface area (Å²) in [5, 5.41) is 2.85. The van der Waals surface area contributed by atoms with Gasteiger partial charge in [-0.3, -0.25) is 14.5 Å². The van der Waals surface area contributed by atoms with Crippen molar-refractivity contribution >= 4 is 17.8 Å². The standard InChI is InChI=1S/C18H26FN3O3/c1-12-7-17(2,3)11-18(8-12)15(24)22(16(25)20-18)10-14(23)21-6-4-5-13(19)9-21/h5,12H,4,6-11H2,1-3H3,(H,20,25)/t12-,18+/m0/s1. The molecule has 138 valence electrons. The van der Waals surface area contributed by atoms with E-state index in [0.717, 1.165) is 11.3 Å². The summed E-state index contributed by atoms with van der Waals surface area (Å²) in [5.41, 5.74) is -0.965. The molecule has 4 amide bonds. The number of imide groups is 1. The van der Waals surface area contributed by atoms with E-state index in [2.05, 4.69) is 26.1 Å². The zero-order chi connectivity index (χ0) is 18.4. The molecular formula is C18H26FN3O3. The monoisotopic (exact) mass is 351 g/mol. The van der Waals surface area contributed by atoms with Crippen molar-refractivity contribution in [1.29, 1.82) is 0 Å². The smallest absolute Gasteiger partial charge is 0.325 e. The van der Waals surface area contributed by atoms with Crippen LogP contribution in [0.3, 0.4) is 0 Å². The largest absolute Gasteiger partial charge is 0.334 e. The highest BCUT2D eigenvalue weighted by Gasteiger charge is 2.56. The van der Waals surface area contributed by atoms with E-state index in [1.54, 1.807) is 0 Å². The SMILES string of the molecule is C[C@H]1CC(C)(C)C[C@@]2(C1)NC(=O)N(CC(=O)N1CCC=C(F)C1)C2=O. The number of carbonyl (C=O) groups is 3. The summed E-state index contributed by atoms with van der Waals surface area (Å²) >= 11 is 0. The van der Waals surface area contributed by atoms with Gasteiger partial charge in [0.15, 0.2) is 0 Å². The number of nitrogens with one attached hydrogen (secondary N) is 1. The topological polar surface area (TPSA) is 69.7 Å². The average molecular weight is 351 g/mol. The second-order valence-corrected chi connectivity index (χ2v) is 8.51. The van der Waals surface area contributed by atoms with E-state index in [1.807, 2.05) is 0 Å². The van der Waals surface area contributed by atoms with Crippen LogP contribution in [0.2, 0.25) is 0 Å². The Kier molecular flexibility index (Phi) is 4.37. The van der Waals surface area contributed by atoms with Crippen molar-refractivity contribution in [2.24, 2.45) is 11.3 Å². The first kappa shape index (κ1) is 17.9. The number of rotatable bonds is 2. The highest BCUT2D eigenvalue weighted by Crippen LogP contribution is 2.46. The normalized spacial score (nSPS) is 32.0. The van der Waals surface area contributed by atoms with Gasteiger partial charge < -0.3 is 10.2 Å². The Balaban J connectivity index is 1.73. The number of nitrogens with zero attached hydrogens (tertiary/aromatic N) is 2. The van der Waals surface area contributed by atoms with Crippen molar-refractivity contribution in [3.8, 4) is 0 Å². The molecule has 2 fully saturated rings. The molecule has 1 spiro atoms. The molecule has 1 aliphatic carbocycles. The summed E-state index contributed by atoms with van der Waals surface area (Å²) in [6.45, 7) is 6.27. The van der Waals surface area contributed by atoms with Gasteiger partial charge in [0.1, 0.15) is 17.9 Å². The highest BCUT2D eigenvalue weighted by atomic mass is 19.1. The van der Waals surface area contributed by atoms with Gasteiger partial charge in [-0.1, -0.05) is 20.8 Å². The molecule has 3 rings (SSSR count). The molecule has 3 aliphatic rings. The average Bonchev–Trinajstić information content (AvgIpc) is 2.68. The highest BCUT2D eigenvalue weighted by molar-refractivity contribution is 6.09. The Morgan fingerprint density at radius 2 is 2.08 bits per heavy atom. The lowest BCUT2D eigenvalue weighted by Gasteiger charge is -2.43. The molecule has 25 heavy (non-hydrogen) atoms. The lowest BCUT2D eigenvalue weighted by molar-refractivity contribution is -0.140. The summed E-state index contributed by atoms with van der Waals surface area (Å²) in [7, 11) is 0. The fourth-order valence-electron chi connectivity index (χ4n) is 4.80. The minimum atomic E-state index is -0.911. The molecule has 2 atom stereocenters. The molecule has 2 aliphatic heterocycles. The van der Waals surface area contributed by atoms with E-state index >= 15 is 0 Å². The Labute approximate surface area is 147 Å². The minimum absolute atomic E-state index is 0.0541. The zero-order valence-corrected chi connectivity index (χ0v) is 15.1. The van der Waals surface area contributed by atoms with Gasteiger partial charge in [0, 0.05) is 6.54 Å². The number of hydrogen-bond acceptors (Lipinski definition) is 3. The van der Waals surface area contributed by atoms with E-state index < -0.39 is 17.5 Å². The van der Waals surface area contributed by atoms with Crippen LogP contribution in [0.25, 0.3) is 0 Å². The predicted octanol–water partition coefficient (Wildman–Crippen LogP) is 2.21. The Morgan fingerprint density at radius 1 is 1.36 bits per heavy atom. The van der Waals surface area contributed by atoms with E-state index in [4.69, 9.17) is 0 Å². The molecule has 1 saturated heterocycles. The Hall–Kier alpha value is -1.92. The van der Waals surface area contributed by atoms with E-state index in [-0.39, 0.29) is 30.2 Å². The number of carbonyl (C=O) groups excluding carboxylic acids is 3. The summed E-state index contributed by atoms with van der Waals surface area (Å²) in [6, 6.07) is -0.517. The van der Waals surface area contributed by atoms with E-state index in [1.165, 1.54) is 11.0 Å². The van der Waals surface area contributed by atoms with Crippen molar-refractivity contribution in [2.75, 3.05) is 19.6 Å². The molecule has 0 bridgehead atoms. The van der Waals surface area contributed by atoms with Crippen molar-refractivity contribution in [3.63, 3.8) is 0 Å². The van der Waals surface area contributed by atoms with Gasteiger partial charge in [-0.2, -0.15) is 0 Å². The van der Waals surface area contributed by atoms with Crippen LogP contribution in [0, 0.1) is 11.3 Å². The molecule has 0 aromatic carbocycles. The van der Waals surface area contributed by atoms with Gasteiger partial charge in [0.2, 0.25) is 5.91 Å². The molecule has 0 radical (unpaired) electrons. The van der Waals surface area contributed by atoms with Crippen molar-refractivity contribution in [1.82, 2.24) is 15.1 Å². The first-order valence-electron chi connectivity index (χ1n) is 8.88. The number of urea groups is 1. The predicted molar refractivity (Wildman–Crippen MR) is 90.2 cm³/mol. The van der Waals surface area contributed by atoms with Crippen LogP contribution >= 0.6 is 0 Å². The van der Waals surface area contributed by atoms with Gasteiger partial charge in [0.05, 0.1) is 6.54 Å². The van der Waals surface area contributed by atoms with Crippen molar-refractivity contribution < 1.29 is 18.8 Å². The molecule has 7 heteroatoms. The van der Waals surface area contributed by atoms with Crippen LogP contribution in [0.1, 0.15) is 46.5 Å². The first-order chi connectivity index (χ1) is 11.6. The van der Waals surface area contributed by atoms with Gasteiger partial charge >= 0.3 is 6.03 Å². The quantitative estimate of drug-likeness (QED) is 0.776. The summed E-state index contributed by atoms with van der Waals surface area (Å²) in [4.78, 5) is 40.2. The Morgan fingerprint density at radius 3 is 2.72 bits per heavy atom. The van der Waals surface area contributed by atoms with Crippen LogP contribution in [0.5, 0.6) is 0 Å². The third kappa shape index (κ3) is 3.41. The van der Waals surface area contributed by atoms with Crippen LogP contribution in [-0.4, -0.2) is 52.8 Å². The second-order valence-electron chi connectivity index (χ2n) is 8.51. The number of amides is 4. The molecule has 6 nitrogen and oxygen atoms in total. The lowest BCUT2D eigenvalue weighted by atomic mass is 9.64. The van der Waals surface area contributed by atoms with Gasteiger partial charge in [-0.05, 0) is 43.1 Å².